The molecule has 0 unspecified atom stereocenters. The lowest BCUT2D eigenvalue weighted by atomic mass is 9.99. The molecule has 4 aromatic carbocycles. The highest BCUT2D eigenvalue weighted by atomic mass is 19.1. The highest BCUT2D eigenvalue weighted by Gasteiger charge is 2.19. The Labute approximate surface area is 210 Å². The standard InChI is InChI=1S/C31H29FN2O2/c1-4-33(5-2)31(35)36-29-17-16-28-26(30(29)23-12-14-24(32)15-13-23)18-19-34(28)20-27-21(3)10-11-22-8-6-7-9-25(22)27/h6-19H,4-5,20H2,1-3H3. The van der Waals surface area contributed by atoms with Crippen LogP contribution in [0, 0.1) is 12.7 Å². The Hall–Kier alpha value is -4.12. The molecule has 1 amide bonds. The fourth-order valence-corrected chi connectivity index (χ4v) is 4.86. The van der Waals surface area contributed by atoms with Gasteiger partial charge in [-0.3, -0.25) is 0 Å². The average Bonchev–Trinajstić information content (AvgIpc) is 3.30. The van der Waals surface area contributed by atoms with E-state index in [0.29, 0.717) is 25.4 Å². The van der Waals surface area contributed by atoms with E-state index in [2.05, 4.69) is 54.1 Å². The number of amides is 1. The second-order valence-electron chi connectivity index (χ2n) is 8.94. The molecule has 0 saturated carbocycles. The molecule has 182 valence electrons. The predicted octanol–water partition coefficient (Wildman–Crippen LogP) is 7.80. The number of carbonyl (C=O) groups excluding carboxylic acids is 1. The Morgan fingerprint density at radius 3 is 2.39 bits per heavy atom. The third-order valence-corrected chi connectivity index (χ3v) is 6.87. The van der Waals surface area contributed by atoms with Crippen LogP contribution in [-0.2, 0) is 6.54 Å². The molecule has 0 spiro atoms. The molecule has 0 aliphatic carbocycles. The maximum absolute atomic E-state index is 13.7. The van der Waals surface area contributed by atoms with Gasteiger partial charge in [-0.25, -0.2) is 9.18 Å². The van der Waals surface area contributed by atoms with Crippen LogP contribution in [0.25, 0.3) is 32.8 Å². The molecule has 0 aliphatic heterocycles. The molecule has 1 heterocycles. The topological polar surface area (TPSA) is 34.5 Å². The van der Waals surface area contributed by atoms with Crippen LogP contribution < -0.4 is 4.74 Å². The van der Waals surface area contributed by atoms with Crippen molar-refractivity contribution >= 4 is 27.8 Å². The molecule has 0 fully saturated rings. The Kier molecular flexibility index (Phi) is 6.47. The molecular formula is C31H29FN2O2. The summed E-state index contributed by atoms with van der Waals surface area (Å²) in [5, 5.41) is 3.40. The summed E-state index contributed by atoms with van der Waals surface area (Å²) in [6.07, 6.45) is 1.67. The number of benzene rings is 4. The van der Waals surface area contributed by atoms with Crippen LogP contribution in [0.15, 0.2) is 85.1 Å². The van der Waals surface area contributed by atoms with Crippen molar-refractivity contribution in [1.29, 1.82) is 0 Å². The molecule has 0 saturated heterocycles. The fraction of sp³-hybridized carbons (Fsp3) is 0.194. The van der Waals surface area contributed by atoms with E-state index in [1.165, 1.54) is 34.0 Å². The van der Waals surface area contributed by atoms with E-state index in [9.17, 15) is 9.18 Å². The molecule has 0 atom stereocenters. The van der Waals surface area contributed by atoms with Gasteiger partial charge in [0, 0.05) is 42.3 Å². The van der Waals surface area contributed by atoms with Crippen LogP contribution >= 0.6 is 0 Å². The summed E-state index contributed by atoms with van der Waals surface area (Å²) in [6.45, 7) is 7.81. The number of halogens is 1. The first-order valence-electron chi connectivity index (χ1n) is 12.3. The molecule has 1 aromatic heterocycles. The smallest absolute Gasteiger partial charge is 0.410 e. The van der Waals surface area contributed by atoms with Crippen LogP contribution in [0.1, 0.15) is 25.0 Å². The zero-order valence-corrected chi connectivity index (χ0v) is 20.8. The Balaban J connectivity index is 1.63. The summed E-state index contributed by atoms with van der Waals surface area (Å²) in [7, 11) is 0. The third-order valence-electron chi connectivity index (χ3n) is 6.87. The predicted molar refractivity (Wildman–Crippen MR) is 144 cm³/mol. The van der Waals surface area contributed by atoms with Crippen LogP contribution in [0.2, 0.25) is 0 Å². The van der Waals surface area contributed by atoms with Crippen LogP contribution in [0.3, 0.4) is 0 Å². The molecular weight excluding hydrogens is 451 g/mol. The summed E-state index contributed by atoms with van der Waals surface area (Å²) in [5.41, 5.74) is 5.10. The summed E-state index contributed by atoms with van der Waals surface area (Å²) < 4.78 is 21.8. The highest BCUT2D eigenvalue weighted by Crippen LogP contribution is 2.38. The fourth-order valence-electron chi connectivity index (χ4n) is 4.86. The zero-order valence-electron chi connectivity index (χ0n) is 20.8. The second kappa shape index (κ2) is 9.86. The van der Waals surface area contributed by atoms with Crippen molar-refractivity contribution in [3.63, 3.8) is 0 Å². The monoisotopic (exact) mass is 480 g/mol. The minimum absolute atomic E-state index is 0.309. The van der Waals surface area contributed by atoms with E-state index < -0.39 is 6.09 Å². The average molecular weight is 481 g/mol. The summed E-state index contributed by atoms with van der Waals surface area (Å²) in [6, 6.07) is 24.9. The Bertz CT molecular complexity index is 1550. The molecule has 5 aromatic rings. The third kappa shape index (κ3) is 4.33. The first-order valence-corrected chi connectivity index (χ1v) is 12.3. The van der Waals surface area contributed by atoms with Gasteiger partial charge < -0.3 is 14.2 Å². The molecule has 0 N–H and O–H groups in total. The summed E-state index contributed by atoms with van der Waals surface area (Å²) >= 11 is 0. The van der Waals surface area contributed by atoms with Crippen molar-refractivity contribution in [2.24, 2.45) is 0 Å². The first-order chi connectivity index (χ1) is 17.5. The van der Waals surface area contributed by atoms with Gasteiger partial charge in [0.1, 0.15) is 11.6 Å². The molecule has 4 nitrogen and oxygen atoms in total. The quantitative estimate of drug-likeness (QED) is 0.248. The van der Waals surface area contributed by atoms with Gasteiger partial charge in [-0.15, -0.1) is 0 Å². The zero-order chi connectivity index (χ0) is 25.2. The van der Waals surface area contributed by atoms with Crippen molar-refractivity contribution in [2.45, 2.75) is 27.3 Å². The number of carbonyl (C=O) groups is 1. The number of ether oxygens (including phenoxy) is 1. The second-order valence-corrected chi connectivity index (χ2v) is 8.94. The van der Waals surface area contributed by atoms with E-state index >= 15 is 0 Å². The SMILES string of the molecule is CCN(CC)C(=O)Oc1ccc2c(ccn2Cc2c(C)ccc3ccccc23)c1-c1ccc(F)cc1. The molecule has 0 bridgehead atoms. The number of hydrogen-bond donors (Lipinski definition) is 0. The summed E-state index contributed by atoms with van der Waals surface area (Å²) in [5.74, 6) is 0.154. The summed E-state index contributed by atoms with van der Waals surface area (Å²) in [4.78, 5) is 14.4. The Morgan fingerprint density at radius 2 is 1.64 bits per heavy atom. The normalized spacial score (nSPS) is 11.2. The van der Waals surface area contributed by atoms with Crippen molar-refractivity contribution in [3.05, 3.63) is 102 Å². The van der Waals surface area contributed by atoms with Gasteiger partial charge in [-0.2, -0.15) is 0 Å². The number of nitrogens with zero attached hydrogens (tertiary/aromatic N) is 2. The lowest BCUT2D eigenvalue weighted by Gasteiger charge is -2.20. The lowest BCUT2D eigenvalue weighted by molar-refractivity contribution is 0.157. The van der Waals surface area contributed by atoms with Gasteiger partial charge in [0.2, 0.25) is 0 Å². The van der Waals surface area contributed by atoms with E-state index in [4.69, 9.17) is 4.74 Å². The van der Waals surface area contributed by atoms with Gasteiger partial charge in [0.05, 0.1) is 0 Å². The van der Waals surface area contributed by atoms with Gasteiger partial charge >= 0.3 is 6.09 Å². The maximum Gasteiger partial charge on any atom is 0.415 e. The molecule has 0 aliphatic rings. The number of hydrogen-bond acceptors (Lipinski definition) is 2. The van der Waals surface area contributed by atoms with Crippen LogP contribution in [0.5, 0.6) is 5.75 Å². The lowest BCUT2D eigenvalue weighted by Crippen LogP contribution is -2.33. The largest absolute Gasteiger partial charge is 0.415 e. The number of fused-ring (bicyclic) bond motifs is 2. The minimum Gasteiger partial charge on any atom is -0.410 e. The minimum atomic E-state index is -0.395. The number of rotatable bonds is 6. The Morgan fingerprint density at radius 1 is 0.889 bits per heavy atom. The maximum atomic E-state index is 13.7. The molecule has 5 rings (SSSR count). The van der Waals surface area contributed by atoms with Crippen molar-refractivity contribution in [2.75, 3.05) is 13.1 Å². The molecule has 36 heavy (non-hydrogen) atoms. The van der Waals surface area contributed by atoms with Crippen molar-refractivity contribution in [1.82, 2.24) is 9.47 Å². The molecule has 5 heteroatoms. The number of aryl methyl sites for hydroxylation is 1. The van der Waals surface area contributed by atoms with Gasteiger partial charge in [-0.1, -0.05) is 48.5 Å². The van der Waals surface area contributed by atoms with Gasteiger partial charge in [-0.05, 0) is 78.6 Å². The van der Waals surface area contributed by atoms with Crippen molar-refractivity contribution < 1.29 is 13.9 Å². The van der Waals surface area contributed by atoms with Gasteiger partial charge in [0.25, 0.3) is 0 Å². The van der Waals surface area contributed by atoms with E-state index in [1.54, 1.807) is 17.0 Å². The van der Waals surface area contributed by atoms with Gasteiger partial charge in [0.15, 0.2) is 0 Å². The van der Waals surface area contributed by atoms with E-state index in [1.807, 2.05) is 32.0 Å². The van der Waals surface area contributed by atoms with E-state index in [0.717, 1.165) is 22.0 Å². The first kappa shape index (κ1) is 23.6. The van der Waals surface area contributed by atoms with E-state index in [-0.39, 0.29) is 5.82 Å². The van der Waals surface area contributed by atoms with Crippen molar-refractivity contribution in [3.8, 4) is 16.9 Å². The van der Waals surface area contributed by atoms with Crippen LogP contribution in [0.4, 0.5) is 9.18 Å². The number of aromatic nitrogens is 1. The van der Waals surface area contributed by atoms with Crippen LogP contribution in [-0.4, -0.2) is 28.6 Å². The molecule has 0 radical (unpaired) electrons. The highest BCUT2D eigenvalue weighted by molar-refractivity contribution is 6.00.